The smallest absolute Gasteiger partial charge is 0.261 e. The number of hydrogen-bond donors (Lipinski definition) is 0. The number of nitrogens with zero attached hydrogens (tertiary/aromatic N) is 2. The van der Waals surface area contributed by atoms with Crippen LogP contribution in [0.1, 0.15) is 21.5 Å². The standard InChI is InChI=1S/C23H20N2O3S2/c1-16-9-8-13-19-21(16)24-23(29-19)25(15-17-10-4-3-5-11-17)22(26)18-12-6-7-14-20(18)30(2,27)28/h3-14H,15H2,1-2H3. The minimum Gasteiger partial charge on any atom is -0.279 e. The molecule has 0 N–H and O–H groups in total. The maximum Gasteiger partial charge on any atom is 0.261 e. The lowest BCUT2D eigenvalue weighted by atomic mass is 10.1. The molecule has 0 saturated carbocycles. The topological polar surface area (TPSA) is 67.3 Å². The zero-order valence-electron chi connectivity index (χ0n) is 16.6. The number of para-hydroxylation sites is 1. The number of rotatable bonds is 5. The number of carbonyl (C=O) groups excluding carboxylic acids is 1. The number of hydrogen-bond acceptors (Lipinski definition) is 5. The van der Waals surface area contributed by atoms with Gasteiger partial charge in [-0.15, -0.1) is 0 Å². The van der Waals surface area contributed by atoms with Gasteiger partial charge in [-0.05, 0) is 36.2 Å². The summed E-state index contributed by atoms with van der Waals surface area (Å²) in [6.45, 7) is 2.27. The van der Waals surface area contributed by atoms with Gasteiger partial charge < -0.3 is 0 Å². The summed E-state index contributed by atoms with van der Waals surface area (Å²) in [6.07, 6.45) is 1.11. The van der Waals surface area contributed by atoms with Gasteiger partial charge in [0.15, 0.2) is 15.0 Å². The van der Waals surface area contributed by atoms with Crippen molar-refractivity contribution in [3.05, 3.63) is 89.5 Å². The van der Waals surface area contributed by atoms with Crippen molar-refractivity contribution in [3.8, 4) is 0 Å². The molecule has 30 heavy (non-hydrogen) atoms. The highest BCUT2D eigenvalue weighted by Gasteiger charge is 2.26. The van der Waals surface area contributed by atoms with Gasteiger partial charge in [0.2, 0.25) is 0 Å². The fraction of sp³-hybridized carbons (Fsp3) is 0.130. The molecule has 0 fully saturated rings. The van der Waals surface area contributed by atoms with Crippen LogP contribution in [0.3, 0.4) is 0 Å². The van der Waals surface area contributed by atoms with Crippen molar-refractivity contribution >= 4 is 42.4 Å². The van der Waals surface area contributed by atoms with Crippen LogP contribution in [0.25, 0.3) is 10.2 Å². The van der Waals surface area contributed by atoms with Gasteiger partial charge in [-0.25, -0.2) is 13.4 Å². The monoisotopic (exact) mass is 436 g/mol. The van der Waals surface area contributed by atoms with E-state index in [1.807, 2.05) is 55.5 Å². The van der Waals surface area contributed by atoms with E-state index in [0.29, 0.717) is 5.13 Å². The van der Waals surface area contributed by atoms with Crippen molar-refractivity contribution < 1.29 is 13.2 Å². The Labute approximate surface area is 179 Å². The molecule has 1 aromatic heterocycles. The van der Waals surface area contributed by atoms with E-state index >= 15 is 0 Å². The molecule has 1 heterocycles. The third-order valence-corrected chi connectivity index (χ3v) is 6.98. The van der Waals surface area contributed by atoms with Crippen LogP contribution < -0.4 is 4.90 Å². The third kappa shape index (κ3) is 3.99. The van der Waals surface area contributed by atoms with Crippen LogP contribution in [-0.4, -0.2) is 25.6 Å². The third-order valence-electron chi connectivity index (χ3n) is 4.79. The molecule has 4 aromatic rings. The number of carbonyl (C=O) groups is 1. The summed E-state index contributed by atoms with van der Waals surface area (Å²) in [5.74, 6) is -0.392. The van der Waals surface area contributed by atoms with Gasteiger partial charge in [0, 0.05) is 6.26 Å². The number of sulfone groups is 1. The molecule has 0 saturated heterocycles. The lowest BCUT2D eigenvalue weighted by Gasteiger charge is -2.21. The van der Waals surface area contributed by atoms with Gasteiger partial charge in [0.05, 0.1) is 27.2 Å². The van der Waals surface area contributed by atoms with Crippen LogP contribution in [0.5, 0.6) is 0 Å². The van der Waals surface area contributed by atoms with Crippen molar-refractivity contribution in [2.24, 2.45) is 0 Å². The molecule has 4 rings (SSSR count). The zero-order chi connectivity index (χ0) is 21.3. The molecule has 5 nitrogen and oxygen atoms in total. The van der Waals surface area contributed by atoms with Crippen LogP contribution in [0, 0.1) is 6.92 Å². The lowest BCUT2D eigenvalue weighted by molar-refractivity contribution is 0.0982. The number of fused-ring (bicyclic) bond motifs is 1. The first-order valence-electron chi connectivity index (χ1n) is 9.35. The molecule has 0 unspecified atom stereocenters. The summed E-state index contributed by atoms with van der Waals surface area (Å²) in [5.41, 5.74) is 2.95. The highest BCUT2D eigenvalue weighted by Crippen LogP contribution is 2.33. The summed E-state index contributed by atoms with van der Waals surface area (Å²) >= 11 is 1.42. The lowest BCUT2D eigenvalue weighted by Crippen LogP contribution is -2.31. The number of aromatic nitrogens is 1. The Morgan fingerprint density at radius 3 is 2.37 bits per heavy atom. The molecular formula is C23H20N2O3S2. The first kappa shape index (κ1) is 20.3. The Bertz CT molecular complexity index is 1330. The largest absolute Gasteiger partial charge is 0.279 e. The van der Waals surface area contributed by atoms with E-state index in [2.05, 4.69) is 0 Å². The summed E-state index contributed by atoms with van der Waals surface area (Å²) in [6, 6.07) is 21.8. The fourth-order valence-electron chi connectivity index (χ4n) is 3.29. The predicted molar refractivity (Wildman–Crippen MR) is 121 cm³/mol. The van der Waals surface area contributed by atoms with Crippen LogP contribution in [0.4, 0.5) is 5.13 Å². The van der Waals surface area contributed by atoms with Crippen molar-refractivity contribution in [1.29, 1.82) is 0 Å². The zero-order valence-corrected chi connectivity index (χ0v) is 18.2. The maximum atomic E-state index is 13.6. The Morgan fingerprint density at radius 1 is 0.967 bits per heavy atom. The Hall–Kier alpha value is -3.03. The van der Waals surface area contributed by atoms with Crippen LogP contribution in [-0.2, 0) is 16.4 Å². The normalized spacial score (nSPS) is 11.5. The second-order valence-corrected chi connectivity index (χ2v) is 10.1. The molecule has 0 aliphatic heterocycles. The molecule has 0 spiro atoms. The number of amides is 1. The molecular weight excluding hydrogens is 416 g/mol. The van der Waals surface area contributed by atoms with Crippen molar-refractivity contribution in [2.45, 2.75) is 18.4 Å². The number of thiazole rings is 1. The van der Waals surface area contributed by atoms with Gasteiger partial charge in [0.25, 0.3) is 5.91 Å². The molecule has 0 atom stereocenters. The SMILES string of the molecule is Cc1cccc2sc(N(Cc3ccccc3)C(=O)c3ccccc3S(C)(=O)=O)nc12. The quantitative estimate of drug-likeness (QED) is 0.448. The van der Waals surface area contributed by atoms with Crippen molar-refractivity contribution in [2.75, 3.05) is 11.2 Å². The van der Waals surface area contributed by atoms with E-state index in [0.717, 1.165) is 27.6 Å². The van der Waals surface area contributed by atoms with Gasteiger partial charge in [-0.2, -0.15) is 0 Å². The second kappa shape index (κ2) is 8.01. The first-order chi connectivity index (χ1) is 14.3. The van der Waals surface area contributed by atoms with Gasteiger partial charge in [0.1, 0.15) is 0 Å². The molecule has 1 amide bonds. The number of benzene rings is 3. The molecule has 3 aromatic carbocycles. The predicted octanol–water partition coefficient (Wildman–Crippen LogP) is 4.86. The second-order valence-electron chi connectivity index (χ2n) is 7.06. The van der Waals surface area contributed by atoms with E-state index < -0.39 is 15.7 Å². The average molecular weight is 437 g/mol. The summed E-state index contributed by atoms with van der Waals surface area (Å²) in [4.78, 5) is 19.9. The first-order valence-corrected chi connectivity index (χ1v) is 12.1. The van der Waals surface area contributed by atoms with Crippen LogP contribution in [0.2, 0.25) is 0 Å². The van der Waals surface area contributed by atoms with Gasteiger partial charge in [-0.1, -0.05) is 65.9 Å². The molecule has 152 valence electrons. The van der Waals surface area contributed by atoms with E-state index in [9.17, 15) is 13.2 Å². The molecule has 0 bridgehead atoms. The highest BCUT2D eigenvalue weighted by atomic mass is 32.2. The van der Waals surface area contributed by atoms with Crippen LogP contribution >= 0.6 is 11.3 Å². The minimum atomic E-state index is -3.56. The molecule has 0 aliphatic carbocycles. The average Bonchev–Trinajstić information content (AvgIpc) is 3.17. The van der Waals surface area contributed by atoms with Gasteiger partial charge >= 0.3 is 0 Å². The van der Waals surface area contributed by atoms with E-state index in [-0.39, 0.29) is 17.0 Å². The van der Waals surface area contributed by atoms with E-state index in [1.54, 1.807) is 23.1 Å². The summed E-state index contributed by atoms with van der Waals surface area (Å²) in [7, 11) is -3.56. The Kier molecular flexibility index (Phi) is 5.40. The van der Waals surface area contributed by atoms with Crippen LogP contribution in [0.15, 0.2) is 77.7 Å². The number of anilines is 1. The molecule has 0 aliphatic rings. The van der Waals surface area contributed by atoms with E-state index in [1.165, 1.54) is 17.4 Å². The maximum absolute atomic E-state index is 13.6. The Morgan fingerprint density at radius 2 is 1.67 bits per heavy atom. The Balaban J connectivity index is 1.85. The summed E-state index contributed by atoms with van der Waals surface area (Å²) < 4.78 is 25.5. The summed E-state index contributed by atoms with van der Waals surface area (Å²) in [5, 5.41) is 0.538. The highest BCUT2D eigenvalue weighted by molar-refractivity contribution is 7.90. The van der Waals surface area contributed by atoms with E-state index in [4.69, 9.17) is 4.98 Å². The van der Waals surface area contributed by atoms with Crippen molar-refractivity contribution in [3.63, 3.8) is 0 Å². The minimum absolute atomic E-state index is 0.0188. The van der Waals surface area contributed by atoms with Crippen molar-refractivity contribution in [1.82, 2.24) is 4.98 Å². The van der Waals surface area contributed by atoms with Gasteiger partial charge in [-0.3, -0.25) is 9.69 Å². The molecule has 0 radical (unpaired) electrons. The molecule has 7 heteroatoms. The fourth-order valence-corrected chi connectivity index (χ4v) is 5.22. The number of aryl methyl sites for hydroxylation is 1.